The van der Waals surface area contributed by atoms with Crippen LogP contribution in [0.1, 0.15) is 0 Å². The minimum atomic E-state index is -0.932. The molecule has 3 nitrogen and oxygen atoms in total. The van der Waals surface area contributed by atoms with Gasteiger partial charge < -0.3 is 5.32 Å². The largest absolute Gasteiger partial charge is 0.363 e. The Morgan fingerprint density at radius 2 is 2.12 bits per heavy atom. The number of hydrogen-bond donors (Lipinski definition) is 1. The molecule has 0 saturated heterocycles. The fourth-order valence-electron chi connectivity index (χ4n) is 1.13. The van der Waals surface area contributed by atoms with Crippen LogP contribution in [0.2, 0.25) is 0 Å². The summed E-state index contributed by atoms with van der Waals surface area (Å²) in [6.07, 6.45) is 0. The molecule has 0 aliphatic carbocycles. The molecule has 0 radical (unpaired) electrons. The van der Waals surface area contributed by atoms with E-state index in [4.69, 9.17) is 0 Å². The van der Waals surface area contributed by atoms with Crippen molar-refractivity contribution in [1.29, 1.82) is 0 Å². The first kappa shape index (κ1) is 11.4. The third kappa shape index (κ3) is 1.92. The van der Waals surface area contributed by atoms with E-state index in [9.17, 15) is 8.78 Å². The van der Waals surface area contributed by atoms with E-state index in [2.05, 4.69) is 30.6 Å². The van der Waals surface area contributed by atoms with E-state index in [0.29, 0.717) is 16.5 Å². The lowest BCUT2D eigenvalue weighted by atomic mass is 10.2. The van der Waals surface area contributed by atoms with Crippen LogP contribution in [0.4, 0.5) is 13.9 Å². The summed E-state index contributed by atoms with van der Waals surface area (Å²) >= 11 is 4.14. The molecule has 84 valence electrons. The van der Waals surface area contributed by atoms with Gasteiger partial charge in [-0.15, -0.1) is 0 Å². The molecule has 2 rings (SSSR count). The SMILES string of the molecule is CNc1nc(-c2ccc(F)c(F)c2Br)ns1. The maximum absolute atomic E-state index is 13.3. The molecule has 0 bridgehead atoms. The van der Waals surface area contributed by atoms with Gasteiger partial charge in [0.2, 0.25) is 5.13 Å². The molecule has 0 amide bonds. The van der Waals surface area contributed by atoms with Crippen LogP contribution >= 0.6 is 27.5 Å². The molecule has 0 unspecified atom stereocenters. The summed E-state index contributed by atoms with van der Waals surface area (Å²) in [6.45, 7) is 0. The maximum Gasteiger partial charge on any atom is 0.202 e. The van der Waals surface area contributed by atoms with Gasteiger partial charge in [0.25, 0.3) is 0 Å². The average molecular weight is 306 g/mol. The minimum absolute atomic E-state index is 0.0351. The van der Waals surface area contributed by atoms with Gasteiger partial charge in [0, 0.05) is 24.1 Å². The van der Waals surface area contributed by atoms with Gasteiger partial charge in [-0.1, -0.05) is 0 Å². The number of nitrogens with one attached hydrogen (secondary N) is 1. The Morgan fingerprint density at radius 1 is 1.38 bits per heavy atom. The Morgan fingerprint density at radius 3 is 2.75 bits per heavy atom. The average Bonchev–Trinajstić information content (AvgIpc) is 2.74. The van der Waals surface area contributed by atoms with Gasteiger partial charge in [0.1, 0.15) is 0 Å². The van der Waals surface area contributed by atoms with Crippen LogP contribution in [0.25, 0.3) is 11.4 Å². The van der Waals surface area contributed by atoms with Gasteiger partial charge in [0.15, 0.2) is 17.5 Å². The highest BCUT2D eigenvalue weighted by Crippen LogP contribution is 2.31. The van der Waals surface area contributed by atoms with Crippen molar-refractivity contribution in [2.24, 2.45) is 0 Å². The van der Waals surface area contributed by atoms with Gasteiger partial charge in [-0.05, 0) is 28.1 Å². The second-order valence-corrected chi connectivity index (χ2v) is 4.44. The Kier molecular flexibility index (Phi) is 3.15. The Labute approximate surface area is 103 Å². The van der Waals surface area contributed by atoms with Crippen LogP contribution in [0.5, 0.6) is 0 Å². The molecule has 7 heteroatoms. The molecule has 1 aromatic heterocycles. The van der Waals surface area contributed by atoms with Gasteiger partial charge in [-0.25, -0.2) is 8.78 Å². The van der Waals surface area contributed by atoms with Crippen molar-refractivity contribution >= 4 is 32.6 Å². The summed E-state index contributed by atoms with van der Waals surface area (Å²) in [4.78, 5) is 4.11. The maximum atomic E-state index is 13.3. The molecule has 1 heterocycles. The Hall–Kier alpha value is -1.08. The standard InChI is InChI=1S/C9H6BrF2N3S/c1-13-9-14-8(15-16-9)4-2-3-5(11)7(12)6(4)10/h2-3H,1H3,(H,13,14,15). The van der Waals surface area contributed by atoms with Crippen molar-refractivity contribution < 1.29 is 8.78 Å². The van der Waals surface area contributed by atoms with E-state index in [-0.39, 0.29) is 4.47 Å². The zero-order valence-corrected chi connectivity index (χ0v) is 10.5. The van der Waals surface area contributed by atoms with Crippen molar-refractivity contribution in [3.05, 3.63) is 28.2 Å². The lowest BCUT2D eigenvalue weighted by Crippen LogP contribution is -1.91. The van der Waals surface area contributed by atoms with Gasteiger partial charge in [-0.3, -0.25) is 0 Å². The van der Waals surface area contributed by atoms with Crippen LogP contribution in [0.3, 0.4) is 0 Å². The van der Waals surface area contributed by atoms with Crippen LogP contribution in [0, 0.1) is 11.6 Å². The molecule has 0 aliphatic rings. The number of aromatic nitrogens is 2. The zero-order chi connectivity index (χ0) is 11.7. The highest BCUT2D eigenvalue weighted by atomic mass is 79.9. The summed E-state index contributed by atoms with van der Waals surface area (Å²) in [5.74, 6) is -1.47. The van der Waals surface area contributed by atoms with E-state index < -0.39 is 11.6 Å². The first-order chi connectivity index (χ1) is 7.63. The quantitative estimate of drug-likeness (QED) is 0.865. The second-order valence-electron chi connectivity index (χ2n) is 2.90. The summed E-state index contributed by atoms with van der Waals surface area (Å²) in [6, 6.07) is 2.49. The minimum Gasteiger partial charge on any atom is -0.363 e. The molecular formula is C9H6BrF2N3S. The highest BCUT2D eigenvalue weighted by Gasteiger charge is 2.15. The van der Waals surface area contributed by atoms with Crippen molar-refractivity contribution in [2.45, 2.75) is 0 Å². The molecule has 1 aromatic carbocycles. The second kappa shape index (κ2) is 4.42. The van der Waals surface area contributed by atoms with Crippen molar-refractivity contribution in [2.75, 3.05) is 12.4 Å². The molecular weight excluding hydrogens is 300 g/mol. The number of rotatable bonds is 2. The smallest absolute Gasteiger partial charge is 0.202 e. The van der Waals surface area contributed by atoms with Crippen LogP contribution in [-0.2, 0) is 0 Å². The normalized spacial score (nSPS) is 10.5. The molecule has 0 aliphatic heterocycles. The fraction of sp³-hybridized carbons (Fsp3) is 0.111. The Balaban J connectivity index is 2.52. The molecule has 0 fully saturated rings. The number of halogens is 3. The Bertz CT molecular complexity index is 529. The van der Waals surface area contributed by atoms with E-state index >= 15 is 0 Å². The molecule has 16 heavy (non-hydrogen) atoms. The zero-order valence-electron chi connectivity index (χ0n) is 8.09. The van der Waals surface area contributed by atoms with E-state index in [1.165, 1.54) is 6.07 Å². The predicted octanol–water partition coefficient (Wildman–Crippen LogP) is 3.29. The third-order valence-electron chi connectivity index (χ3n) is 1.92. The van der Waals surface area contributed by atoms with Gasteiger partial charge in [0.05, 0.1) is 4.47 Å². The third-order valence-corrected chi connectivity index (χ3v) is 3.42. The molecule has 0 spiro atoms. The number of hydrogen-bond acceptors (Lipinski definition) is 4. The van der Waals surface area contributed by atoms with Crippen LogP contribution < -0.4 is 5.32 Å². The number of anilines is 1. The summed E-state index contributed by atoms with van der Waals surface area (Å²) in [5.41, 5.74) is 0.427. The molecule has 0 atom stereocenters. The first-order valence-corrected chi connectivity index (χ1v) is 5.85. The van der Waals surface area contributed by atoms with E-state index in [1.807, 2.05) is 0 Å². The fourth-order valence-corrected chi connectivity index (χ4v) is 2.16. The topological polar surface area (TPSA) is 37.8 Å². The van der Waals surface area contributed by atoms with Crippen LogP contribution in [0.15, 0.2) is 16.6 Å². The first-order valence-electron chi connectivity index (χ1n) is 4.29. The lowest BCUT2D eigenvalue weighted by Gasteiger charge is -2.01. The monoisotopic (exact) mass is 305 g/mol. The number of nitrogens with zero attached hydrogens (tertiary/aromatic N) is 2. The molecule has 0 saturated carbocycles. The van der Waals surface area contributed by atoms with E-state index in [0.717, 1.165) is 17.6 Å². The van der Waals surface area contributed by atoms with Crippen molar-refractivity contribution in [3.8, 4) is 11.4 Å². The molecule has 2 aromatic rings. The van der Waals surface area contributed by atoms with Crippen molar-refractivity contribution in [3.63, 3.8) is 0 Å². The van der Waals surface area contributed by atoms with Gasteiger partial charge >= 0.3 is 0 Å². The highest BCUT2D eigenvalue weighted by molar-refractivity contribution is 9.10. The summed E-state index contributed by atoms with van der Waals surface area (Å²) < 4.78 is 30.2. The van der Waals surface area contributed by atoms with E-state index in [1.54, 1.807) is 7.05 Å². The molecule has 1 N–H and O–H groups in total. The lowest BCUT2D eigenvalue weighted by molar-refractivity contribution is 0.504. The van der Waals surface area contributed by atoms with Gasteiger partial charge in [-0.2, -0.15) is 9.36 Å². The van der Waals surface area contributed by atoms with Crippen LogP contribution in [-0.4, -0.2) is 16.4 Å². The van der Waals surface area contributed by atoms with Crippen molar-refractivity contribution in [1.82, 2.24) is 9.36 Å². The summed E-state index contributed by atoms with van der Waals surface area (Å²) in [5, 5.41) is 3.44. The predicted molar refractivity (Wildman–Crippen MR) is 62.5 cm³/mol. The number of benzene rings is 1. The summed E-state index contributed by atoms with van der Waals surface area (Å²) in [7, 11) is 1.71.